The monoisotopic (exact) mass is 307 g/mol. The zero-order valence-corrected chi connectivity index (χ0v) is 12.9. The van der Waals surface area contributed by atoms with E-state index in [9.17, 15) is 4.79 Å². The van der Waals surface area contributed by atoms with Crippen LogP contribution in [0.5, 0.6) is 5.75 Å². The topological polar surface area (TPSA) is 73.3 Å². The van der Waals surface area contributed by atoms with E-state index in [0.717, 1.165) is 5.75 Å². The number of carbonyl (C=O) groups excluding carboxylic acids is 1. The fourth-order valence-electron chi connectivity index (χ4n) is 1.42. The van der Waals surface area contributed by atoms with Crippen molar-refractivity contribution in [2.24, 2.45) is 0 Å². The molecule has 1 aromatic carbocycles. The first-order chi connectivity index (χ1) is 9.92. The van der Waals surface area contributed by atoms with Crippen molar-refractivity contribution in [3.63, 3.8) is 0 Å². The van der Waals surface area contributed by atoms with Gasteiger partial charge in [0.25, 0.3) is 0 Å². The standard InChI is InChI=1S/C14H17N3O3S/c1-14(2,3)20-13(18)15-12-17-16-11(21-12)9-19-10-7-5-4-6-8-10/h4-8H,9H2,1-3H3,(H,15,17,18). The van der Waals surface area contributed by atoms with Crippen molar-refractivity contribution in [2.45, 2.75) is 33.0 Å². The van der Waals surface area contributed by atoms with Crippen LogP contribution >= 0.6 is 11.3 Å². The van der Waals surface area contributed by atoms with E-state index in [4.69, 9.17) is 9.47 Å². The van der Waals surface area contributed by atoms with Gasteiger partial charge in [0.2, 0.25) is 5.13 Å². The molecule has 0 aliphatic rings. The van der Waals surface area contributed by atoms with Crippen molar-refractivity contribution in [3.05, 3.63) is 35.3 Å². The third-order valence-corrected chi connectivity index (χ3v) is 2.99. The molecule has 0 bridgehead atoms. The molecular weight excluding hydrogens is 290 g/mol. The number of para-hydroxylation sites is 1. The number of aromatic nitrogens is 2. The molecule has 0 unspecified atom stereocenters. The Morgan fingerprint density at radius 3 is 2.62 bits per heavy atom. The number of hydrogen-bond donors (Lipinski definition) is 1. The second-order valence-corrected chi connectivity index (χ2v) is 6.29. The molecule has 1 amide bonds. The summed E-state index contributed by atoms with van der Waals surface area (Å²) in [5.74, 6) is 0.759. The second-order valence-electron chi connectivity index (χ2n) is 5.23. The fourth-order valence-corrected chi connectivity index (χ4v) is 2.05. The van der Waals surface area contributed by atoms with Crippen molar-refractivity contribution in [3.8, 4) is 5.75 Å². The third-order valence-electron chi connectivity index (χ3n) is 2.18. The SMILES string of the molecule is CC(C)(C)OC(=O)Nc1nnc(COc2ccccc2)s1. The number of rotatable bonds is 4. The Morgan fingerprint density at radius 1 is 1.24 bits per heavy atom. The molecule has 6 nitrogen and oxygen atoms in total. The fraction of sp³-hybridized carbons (Fsp3) is 0.357. The molecule has 0 saturated heterocycles. The summed E-state index contributed by atoms with van der Waals surface area (Å²) in [6.45, 7) is 5.70. The summed E-state index contributed by atoms with van der Waals surface area (Å²) >= 11 is 1.25. The van der Waals surface area contributed by atoms with Crippen molar-refractivity contribution >= 4 is 22.6 Å². The molecule has 1 N–H and O–H groups in total. The summed E-state index contributed by atoms with van der Waals surface area (Å²) in [6.07, 6.45) is -0.547. The van der Waals surface area contributed by atoms with Gasteiger partial charge in [-0.15, -0.1) is 10.2 Å². The molecule has 0 aliphatic carbocycles. The summed E-state index contributed by atoms with van der Waals surface area (Å²) in [5, 5.41) is 11.4. The molecule has 1 heterocycles. The summed E-state index contributed by atoms with van der Waals surface area (Å²) in [7, 11) is 0. The molecule has 0 saturated carbocycles. The average Bonchev–Trinajstić information content (AvgIpc) is 2.83. The zero-order chi connectivity index (χ0) is 15.3. The summed E-state index contributed by atoms with van der Waals surface area (Å²) < 4.78 is 10.7. The minimum Gasteiger partial charge on any atom is -0.486 e. The minimum absolute atomic E-state index is 0.303. The number of amides is 1. The van der Waals surface area contributed by atoms with Gasteiger partial charge in [-0.2, -0.15) is 0 Å². The van der Waals surface area contributed by atoms with Crippen LogP contribution in [0.25, 0.3) is 0 Å². The lowest BCUT2D eigenvalue weighted by Crippen LogP contribution is -2.27. The Balaban J connectivity index is 1.85. The Bertz CT molecular complexity index is 593. The van der Waals surface area contributed by atoms with Crippen LogP contribution in [0.3, 0.4) is 0 Å². The van der Waals surface area contributed by atoms with Gasteiger partial charge in [-0.05, 0) is 32.9 Å². The van der Waals surface area contributed by atoms with Gasteiger partial charge < -0.3 is 9.47 Å². The molecule has 0 atom stereocenters. The largest absolute Gasteiger partial charge is 0.486 e. The summed E-state index contributed by atoms with van der Waals surface area (Å²) in [5.41, 5.74) is -0.548. The van der Waals surface area contributed by atoms with Gasteiger partial charge in [0.05, 0.1) is 0 Å². The molecule has 0 spiro atoms. The molecule has 7 heteroatoms. The van der Waals surface area contributed by atoms with E-state index in [0.29, 0.717) is 16.7 Å². The molecule has 0 aliphatic heterocycles. The van der Waals surface area contributed by atoms with Gasteiger partial charge in [0, 0.05) is 0 Å². The number of benzene rings is 1. The first kappa shape index (κ1) is 15.2. The van der Waals surface area contributed by atoms with Gasteiger partial charge >= 0.3 is 6.09 Å². The Labute approximate surface area is 127 Å². The molecular formula is C14H17N3O3S. The van der Waals surface area contributed by atoms with Crippen LogP contribution < -0.4 is 10.1 Å². The zero-order valence-electron chi connectivity index (χ0n) is 12.1. The van der Waals surface area contributed by atoms with Crippen LogP contribution in [0.15, 0.2) is 30.3 Å². The van der Waals surface area contributed by atoms with Crippen LogP contribution in [0.1, 0.15) is 25.8 Å². The van der Waals surface area contributed by atoms with E-state index >= 15 is 0 Å². The average molecular weight is 307 g/mol. The molecule has 2 rings (SSSR count). The highest BCUT2D eigenvalue weighted by Gasteiger charge is 2.17. The molecule has 112 valence electrons. The van der Waals surface area contributed by atoms with Gasteiger partial charge in [-0.1, -0.05) is 29.5 Å². The van der Waals surface area contributed by atoms with Crippen LogP contribution in [-0.2, 0) is 11.3 Å². The van der Waals surface area contributed by atoms with Crippen molar-refractivity contribution in [1.29, 1.82) is 0 Å². The van der Waals surface area contributed by atoms with Crippen molar-refractivity contribution in [2.75, 3.05) is 5.32 Å². The maximum atomic E-state index is 11.6. The molecule has 0 fully saturated rings. The Kier molecular flexibility index (Phi) is 4.74. The van der Waals surface area contributed by atoms with Crippen molar-refractivity contribution < 1.29 is 14.3 Å². The van der Waals surface area contributed by atoms with E-state index in [2.05, 4.69) is 15.5 Å². The van der Waals surface area contributed by atoms with Gasteiger partial charge in [-0.3, -0.25) is 5.32 Å². The molecule has 21 heavy (non-hydrogen) atoms. The van der Waals surface area contributed by atoms with Crippen LogP contribution in [0.4, 0.5) is 9.93 Å². The highest BCUT2D eigenvalue weighted by Crippen LogP contribution is 2.19. The second kappa shape index (κ2) is 6.53. The van der Waals surface area contributed by atoms with Crippen LogP contribution in [-0.4, -0.2) is 21.9 Å². The number of hydrogen-bond acceptors (Lipinski definition) is 6. The van der Waals surface area contributed by atoms with E-state index in [1.165, 1.54) is 11.3 Å². The van der Waals surface area contributed by atoms with Gasteiger partial charge in [0.1, 0.15) is 18.0 Å². The number of nitrogens with one attached hydrogen (secondary N) is 1. The van der Waals surface area contributed by atoms with Gasteiger partial charge in [-0.25, -0.2) is 4.79 Å². The normalized spacial score (nSPS) is 11.0. The van der Waals surface area contributed by atoms with Gasteiger partial charge in [0.15, 0.2) is 5.01 Å². The first-order valence-corrected chi connectivity index (χ1v) is 7.24. The third kappa shape index (κ3) is 5.39. The van der Waals surface area contributed by atoms with Crippen molar-refractivity contribution in [1.82, 2.24) is 10.2 Å². The maximum Gasteiger partial charge on any atom is 0.414 e. The smallest absolute Gasteiger partial charge is 0.414 e. The lowest BCUT2D eigenvalue weighted by molar-refractivity contribution is 0.0636. The molecule has 0 radical (unpaired) electrons. The maximum absolute atomic E-state index is 11.6. The van der Waals surface area contributed by atoms with E-state index in [1.807, 2.05) is 30.3 Å². The van der Waals surface area contributed by atoms with Crippen LogP contribution in [0.2, 0.25) is 0 Å². The highest BCUT2D eigenvalue weighted by molar-refractivity contribution is 7.15. The minimum atomic E-state index is -0.548. The molecule has 1 aromatic heterocycles. The first-order valence-electron chi connectivity index (χ1n) is 6.42. The van der Waals surface area contributed by atoms with E-state index < -0.39 is 11.7 Å². The highest BCUT2D eigenvalue weighted by atomic mass is 32.1. The number of anilines is 1. The predicted molar refractivity (Wildman–Crippen MR) is 80.5 cm³/mol. The lowest BCUT2D eigenvalue weighted by atomic mass is 10.2. The van der Waals surface area contributed by atoms with E-state index in [1.54, 1.807) is 20.8 Å². The predicted octanol–water partition coefficient (Wildman–Crippen LogP) is 3.46. The number of carbonyl (C=O) groups is 1. The molecule has 2 aromatic rings. The number of nitrogens with zero attached hydrogens (tertiary/aromatic N) is 2. The number of ether oxygens (including phenoxy) is 2. The quantitative estimate of drug-likeness (QED) is 0.936. The summed E-state index contributed by atoms with van der Waals surface area (Å²) in [4.78, 5) is 11.6. The van der Waals surface area contributed by atoms with E-state index in [-0.39, 0.29) is 0 Å². The summed E-state index contributed by atoms with van der Waals surface area (Å²) in [6, 6.07) is 9.43. The Hall–Kier alpha value is -2.15. The lowest BCUT2D eigenvalue weighted by Gasteiger charge is -2.18. The van der Waals surface area contributed by atoms with Crippen LogP contribution in [0, 0.1) is 0 Å². The Morgan fingerprint density at radius 2 is 1.95 bits per heavy atom.